The molecule has 8 heteroatoms. The summed E-state index contributed by atoms with van der Waals surface area (Å²) in [6.45, 7) is 6.08. The van der Waals surface area contributed by atoms with Crippen molar-refractivity contribution in [3.05, 3.63) is 95.9 Å². The number of nitrogens with zero attached hydrogens (tertiary/aromatic N) is 4. The van der Waals surface area contributed by atoms with Crippen molar-refractivity contribution in [2.24, 2.45) is 7.05 Å². The molecule has 5 aromatic rings. The van der Waals surface area contributed by atoms with Crippen LogP contribution in [-0.2, 0) is 7.05 Å². The molecule has 0 aliphatic carbocycles. The van der Waals surface area contributed by atoms with Crippen LogP contribution in [0.4, 0.5) is 22.1 Å². The highest BCUT2D eigenvalue weighted by atomic mass is 16.2. The second-order valence-electron chi connectivity index (χ2n) is 9.26. The summed E-state index contributed by atoms with van der Waals surface area (Å²) >= 11 is 0. The Morgan fingerprint density at radius 1 is 0.973 bits per heavy atom. The van der Waals surface area contributed by atoms with Crippen molar-refractivity contribution in [1.29, 1.82) is 0 Å². The lowest BCUT2D eigenvalue weighted by Gasteiger charge is -2.16. The van der Waals surface area contributed by atoms with Crippen LogP contribution in [0, 0.1) is 13.8 Å². The molecule has 5 rings (SSSR count). The summed E-state index contributed by atoms with van der Waals surface area (Å²) in [6, 6.07) is 19.8. The number of amides is 2. The maximum atomic E-state index is 12.7. The second-order valence-corrected chi connectivity index (χ2v) is 9.26. The number of urea groups is 1. The van der Waals surface area contributed by atoms with E-state index in [0.29, 0.717) is 5.95 Å². The Bertz CT molecular complexity index is 1590. The van der Waals surface area contributed by atoms with Gasteiger partial charge in [-0.2, -0.15) is 5.10 Å². The van der Waals surface area contributed by atoms with E-state index >= 15 is 0 Å². The predicted octanol–water partition coefficient (Wildman–Crippen LogP) is 6.27. The van der Waals surface area contributed by atoms with E-state index in [1.165, 1.54) is 0 Å². The molecule has 0 saturated heterocycles. The maximum absolute atomic E-state index is 12.7. The molecule has 0 radical (unpaired) electrons. The maximum Gasteiger partial charge on any atom is 0.319 e. The SMILES string of the molecule is Cc1cccc(C(C)NC(=O)Nc2ccc(C)c(-c3ccc4nc(Nc5cnn(C)c5)ncc4c3)c2)c1. The third-order valence-corrected chi connectivity index (χ3v) is 6.24. The van der Waals surface area contributed by atoms with Crippen LogP contribution in [-0.4, -0.2) is 25.8 Å². The van der Waals surface area contributed by atoms with E-state index < -0.39 is 0 Å². The number of rotatable bonds is 6. The summed E-state index contributed by atoms with van der Waals surface area (Å²) < 4.78 is 1.72. The van der Waals surface area contributed by atoms with E-state index in [4.69, 9.17) is 0 Å². The molecule has 3 N–H and O–H groups in total. The van der Waals surface area contributed by atoms with Gasteiger partial charge in [-0.3, -0.25) is 4.68 Å². The summed E-state index contributed by atoms with van der Waals surface area (Å²) in [6.07, 6.45) is 5.40. The highest BCUT2D eigenvalue weighted by Crippen LogP contribution is 2.29. The number of hydrogen-bond donors (Lipinski definition) is 3. The molecule has 8 nitrogen and oxygen atoms in total. The lowest BCUT2D eigenvalue weighted by atomic mass is 9.98. The molecule has 3 aromatic carbocycles. The Kier molecular flexibility index (Phi) is 6.55. The van der Waals surface area contributed by atoms with Gasteiger partial charge in [-0.25, -0.2) is 14.8 Å². The first kappa shape index (κ1) is 24.0. The van der Waals surface area contributed by atoms with Gasteiger partial charge in [0.25, 0.3) is 0 Å². The fraction of sp³-hybridized carbons (Fsp3) is 0.172. The number of carbonyl (C=O) groups is 1. The number of benzene rings is 3. The van der Waals surface area contributed by atoms with Gasteiger partial charge in [-0.15, -0.1) is 0 Å². The van der Waals surface area contributed by atoms with E-state index in [9.17, 15) is 4.79 Å². The average Bonchev–Trinajstić information content (AvgIpc) is 3.29. The normalized spacial score (nSPS) is 11.8. The Morgan fingerprint density at radius 3 is 2.62 bits per heavy atom. The number of anilines is 3. The van der Waals surface area contributed by atoms with Crippen molar-refractivity contribution < 1.29 is 4.79 Å². The molecule has 2 amide bonds. The number of aryl methyl sites for hydroxylation is 3. The molecule has 1 unspecified atom stereocenters. The molecule has 0 bridgehead atoms. The minimum absolute atomic E-state index is 0.108. The van der Waals surface area contributed by atoms with Crippen molar-refractivity contribution in [3.8, 4) is 11.1 Å². The van der Waals surface area contributed by atoms with Crippen LogP contribution in [0.15, 0.2) is 79.3 Å². The summed E-state index contributed by atoms with van der Waals surface area (Å²) in [5.74, 6) is 0.515. The lowest BCUT2D eigenvalue weighted by Crippen LogP contribution is -2.31. The van der Waals surface area contributed by atoms with E-state index in [-0.39, 0.29) is 12.1 Å². The Labute approximate surface area is 215 Å². The topological polar surface area (TPSA) is 96.8 Å². The summed E-state index contributed by atoms with van der Waals surface area (Å²) in [5, 5.41) is 14.2. The van der Waals surface area contributed by atoms with Crippen molar-refractivity contribution >= 4 is 34.3 Å². The summed E-state index contributed by atoms with van der Waals surface area (Å²) in [4.78, 5) is 21.8. The largest absolute Gasteiger partial charge is 0.331 e. The zero-order chi connectivity index (χ0) is 25.9. The minimum atomic E-state index is -0.246. The molecule has 0 fully saturated rings. The molecule has 2 heterocycles. The zero-order valence-electron chi connectivity index (χ0n) is 21.3. The summed E-state index contributed by atoms with van der Waals surface area (Å²) in [5.41, 5.74) is 7.78. The van der Waals surface area contributed by atoms with Crippen LogP contribution < -0.4 is 16.0 Å². The molecule has 0 aliphatic heterocycles. The molecule has 0 aliphatic rings. The smallest absolute Gasteiger partial charge is 0.319 e. The van der Waals surface area contributed by atoms with Gasteiger partial charge in [-0.1, -0.05) is 42.0 Å². The van der Waals surface area contributed by atoms with E-state index in [0.717, 1.165) is 50.1 Å². The second kappa shape index (κ2) is 10.1. The van der Waals surface area contributed by atoms with E-state index in [1.54, 1.807) is 10.9 Å². The van der Waals surface area contributed by atoms with Gasteiger partial charge in [0, 0.05) is 30.5 Å². The van der Waals surface area contributed by atoms with Crippen molar-refractivity contribution in [1.82, 2.24) is 25.1 Å². The van der Waals surface area contributed by atoms with Gasteiger partial charge in [0.15, 0.2) is 0 Å². The lowest BCUT2D eigenvalue weighted by molar-refractivity contribution is 0.249. The minimum Gasteiger partial charge on any atom is -0.331 e. The molecule has 0 saturated carbocycles. The molecule has 1 atom stereocenters. The Hall–Kier alpha value is -4.72. The highest BCUT2D eigenvalue weighted by molar-refractivity contribution is 5.91. The van der Waals surface area contributed by atoms with Crippen molar-refractivity contribution in [3.63, 3.8) is 0 Å². The Balaban J connectivity index is 1.32. The quantitative estimate of drug-likeness (QED) is 0.260. The highest BCUT2D eigenvalue weighted by Gasteiger charge is 2.12. The van der Waals surface area contributed by atoms with Crippen LogP contribution in [0.3, 0.4) is 0 Å². The Morgan fingerprint density at radius 2 is 1.84 bits per heavy atom. The number of carbonyl (C=O) groups excluding carboxylic acids is 1. The van der Waals surface area contributed by atoms with Gasteiger partial charge in [0.1, 0.15) is 0 Å². The molecular weight excluding hydrogens is 462 g/mol. The van der Waals surface area contributed by atoms with Gasteiger partial charge in [0.2, 0.25) is 5.95 Å². The number of aromatic nitrogens is 4. The van der Waals surface area contributed by atoms with Crippen molar-refractivity contribution in [2.75, 3.05) is 10.6 Å². The van der Waals surface area contributed by atoms with Crippen molar-refractivity contribution in [2.45, 2.75) is 26.8 Å². The number of hydrogen-bond acceptors (Lipinski definition) is 5. The van der Waals surface area contributed by atoms with Crippen LogP contribution >= 0.6 is 0 Å². The van der Waals surface area contributed by atoms with Crippen LogP contribution in [0.2, 0.25) is 0 Å². The van der Waals surface area contributed by atoms with E-state index in [2.05, 4.69) is 50.1 Å². The average molecular weight is 492 g/mol. The van der Waals surface area contributed by atoms with Crippen LogP contribution in [0.1, 0.15) is 29.7 Å². The monoisotopic (exact) mass is 491 g/mol. The third kappa shape index (κ3) is 5.59. The van der Waals surface area contributed by atoms with Gasteiger partial charge >= 0.3 is 6.03 Å². The fourth-order valence-electron chi connectivity index (χ4n) is 4.27. The van der Waals surface area contributed by atoms with Gasteiger partial charge in [0.05, 0.1) is 23.4 Å². The van der Waals surface area contributed by atoms with Gasteiger partial charge in [-0.05, 0) is 67.3 Å². The summed E-state index contributed by atoms with van der Waals surface area (Å²) in [7, 11) is 1.86. The zero-order valence-corrected chi connectivity index (χ0v) is 21.3. The number of fused-ring (bicyclic) bond motifs is 1. The molecule has 186 valence electrons. The van der Waals surface area contributed by atoms with Gasteiger partial charge < -0.3 is 16.0 Å². The standard InChI is InChI=1S/C29H29N7O/c1-18-6-5-7-21(12-18)20(3)32-29(37)34-24-10-8-19(2)26(14-24)22-9-11-27-23(13-22)15-30-28(35-27)33-25-16-31-36(4)17-25/h5-17,20H,1-4H3,(H,30,33,35)(H2,32,34,37). The molecule has 0 spiro atoms. The predicted molar refractivity (Wildman–Crippen MR) is 148 cm³/mol. The molecular formula is C29H29N7O. The van der Waals surface area contributed by atoms with Crippen LogP contribution in [0.25, 0.3) is 22.0 Å². The first-order valence-electron chi connectivity index (χ1n) is 12.1. The fourth-order valence-corrected chi connectivity index (χ4v) is 4.27. The molecule has 37 heavy (non-hydrogen) atoms. The number of nitrogens with one attached hydrogen (secondary N) is 3. The molecule has 2 aromatic heterocycles. The first-order chi connectivity index (χ1) is 17.8. The van der Waals surface area contributed by atoms with Crippen LogP contribution in [0.5, 0.6) is 0 Å². The van der Waals surface area contributed by atoms with E-state index in [1.807, 2.05) is 81.8 Å². The first-order valence-corrected chi connectivity index (χ1v) is 12.1. The third-order valence-electron chi connectivity index (χ3n) is 6.24.